The lowest BCUT2D eigenvalue weighted by atomic mass is 10.2. The molecule has 0 spiro atoms. The van der Waals surface area contributed by atoms with Crippen LogP contribution < -0.4 is 9.83 Å². The minimum atomic E-state index is -3.97. The van der Waals surface area contributed by atoms with Crippen molar-refractivity contribution in [2.45, 2.75) is 24.3 Å². The Balaban J connectivity index is 2.96. The number of aliphatic carboxylic acids is 1. The van der Waals surface area contributed by atoms with Crippen molar-refractivity contribution in [3.05, 3.63) is 30.1 Å². The van der Waals surface area contributed by atoms with Crippen molar-refractivity contribution >= 4 is 16.0 Å². The number of hydrogen-bond acceptors (Lipinski definition) is 4. The van der Waals surface area contributed by atoms with Crippen LogP contribution in [-0.2, 0) is 14.8 Å². The van der Waals surface area contributed by atoms with Crippen LogP contribution in [0, 0.1) is 5.82 Å². The molecule has 0 aromatic heterocycles. The molecule has 1 aromatic carbocycles. The molecule has 7 heteroatoms. The van der Waals surface area contributed by atoms with Crippen molar-refractivity contribution in [3.63, 3.8) is 0 Å². The second kappa shape index (κ2) is 5.24. The third-order valence-electron chi connectivity index (χ3n) is 2.11. The summed E-state index contributed by atoms with van der Waals surface area (Å²) in [6, 6.07) is 2.77. The van der Waals surface area contributed by atoms with Gasteiger partial charge in [0.25, 0.3) is 0 Å². The zero-order valence-corrected chi connectivity index (χ0v) is 9.83. The van der Waals surface area contributed by atoms with Gasteiger partial charge in [0.2, 0.25) is 10.0 Å². The lowest BCUT2D eigenvalue weighted by molar-refractivity contribution is -0.308. The summed E-state index contributed by atoms with van der Waals surface area (Å²) < 4.78 is 38.0. The molecule has 0 aliphatic carbocycles. The molecule has 1 unspecified atom stereocenters. The number of sulfonamides is 1. The number of carboxylic acids is 1. The number of halogens is 1. The molecule has 0 amide bonds. The van der Waals surface area contributed by atoms with Crippen LogP contribution in [0.5, 0.6) is 0 Å². The van der Waals surface area contributed by atoms with E-state index in [0.29, 0.717) is 0 Å². The predicted octanol–water partition coefficient (Wildman–Crippen LogP) is -0.368. The lowest BCUT2D eigenvalue weighted by Crippen LogP contribution is -2.47. The average molecular weight is 260 g/mol. The molecule has 0 aliphatic heterocycles. The van der Waals surface area contributed by atoms with Crippen LogP contribution in [0.1, 0.15) is 13.3 Å². The molecule has 0 saturated carbocycles. The van der Waals surface area contributed by atoms with Crippen LogP contribution in [0.2, 0.25) is 0 Å². The summed E-state index contributed by atoms with van der Waals surface area (Å²) >= 11 is 0. The molecular weight excluding hydrogens is 249 g/mol. The van der Waals surface area contributed by atoms with E-state index in [2.05, 4.69) is 0 Å². The Labute approximate surface area is 98.3 Å². The first-order valence-electron chi connectivity index (χ1n) is 4.85. The predicted molar refractivity (Wildman–Crippen MR) is 55.8 cm³/mol. The minimum Gasteiger partial charge on any atom is -0.548 e. The summed E-state index contributed by atoms with van der Waals surface area (Å²) in [7, 11) is -3.97. The summed E-state index contributed by atoms with van der Waals surface area (Å²) in [5.74, 6) is -2.07. The lowest BCUT2D eigenvalue weighted by Gasteiger charge is -2.17. The highest BCUT2D eigenvalue weighted by molar-refractivity contribution is 7.89. The van der Waals surface area contributed by atoms with Gasteiger partial charge in [-0.2, -0.15) is 0 Å². The Morgan fingerprint density at radius 3 is 2.35 bits per heavy atom. The Kier molecular flexibility index (Phi) is 4.19. The van der Waals surface area contributed by atoms with Gasteiger partial charge >= 0.3 is 0 Å². The zero-order chi connectivity index (χ0) is 13.1. The SMILES string of the molecule is CCC(NS(=O)(=O)c1ccc(F)cc1)C(=O)[O-]. The molecule has 0 fully saturated rings. The number of rotatable bonds is 5. The number of nitrogens with one attached hydrogen (secondary N) is 1. The second-order valence-corrected chi connectivity index (χ2v) is 5.07. The third-order valence-corrected chi connectivity index (χ3v) is 3.60. The maximum absolute atomic E-state index is 12.6. The summed E-state index contributed by atoms with van der Waals surface area (Å²) in [6.45, 7) is 1.51. The summed E-state index contributed by atoms with van der Waals surface area (Å²) in [5.41, 5.74) is 0. The smallest absolute Gasteiger partial charge is 0.241 e. The Morgan fingerprint density at radius 1 is 1.41 bits per heavy atom. The van der Waals surface area contributed by atoms with E-state index < -0.39 is 27.9 Å². The van der Waals surface area contributed by atoms with Crippen molar-refractivity contribution in [1.29, 1.82) is 0 Å². The zero-order valence-electron chi connectivity index (χ0n) is 9.01. The Bertz CT molecular complexity index is 498. The fraction of sp³-hybridized carbons (Fsp3) is 0.300. The first-order chi connectivity index (χ1) is 7.86. The average Bonchev–Trinajstić information content (AvgIpc) is 2.26. The highest BCUT2D eigenvalue weighted by Crippen LogP contribution is 2.10. The van der Waals surface area contributed by atoms with Crippen LogP contribution in [-0.4, -0.2) is 20.4 Å². The molecule has 5 nitrogen and oxygen atoms in total. The molecule has 1 aromatic rings. The van der Waals surface area contributed by atoms with Gasteiger partial charge in [-0.15, -0.1) is 0 Å². The van der Waals surface area contributed by atoms with E-state index in [4.69, 9.17) is 0 Å². The molecule has 94 valence electrons. The summed E-state index contributed by atoms with van der Waals surface area (Å²) in [6.07, 6.45) is 0.0583. The van der Waals surface area contributed by atoms with Crippen molar-refractivity contribution < 1.29 is 22.7 Å². The molecule has 1 atom stereocenters. The normalized spacial score (nSPS) is 13.3. The van der Waals surface area contributed by atoms with Gasteiger partial charge in [-0.1, -0.05) is 6.92 Å². The molecule has 17 heavy (non-hydrogen) atoms. The fourth-order valence-electron chi connectivity index (χ4n) is 1.17. The molecule has 0 saturated heterocycles. The van der Waals surface area contributed by atoms with Crippen LogP contribution in [0.3, 0.4) is 0 Å². The maximum atomic E-state index is 12.6. The topological polar surface area (TPSA) is 86.3 Å². The van der Waals surface area contributed by atoms with Gasteiger partial charge in [0, 0.05) is 0 Å². The monoisotopic (exact) mass is 260 g/mol. The molecular formula is C10H11FNO4S-. The van der Waals surface area contributed by atoms with Gasteiger partial charge < -0.3 is 9.90 Å². The highest BCUT2D eigenvalue weighted by atomic mass is 32.2. The standard InChI is InChI=1S/C10H12FNO4S/c1-2-9(10(13)14)12-17(15,16)8-5-3-7(11)4-6-8/h3-6,9,12H,2H2,1H3,(H,13,14)/p-1. The van der Waals surface area contributed by atoms with E-state index in [0.717, 1.165) is 24.3 Å². The van der Waals surface area contributed by atoms with Gasteiger partial charge in [0.15, 0.2) is 0 Å². The molecule has 0 bridgehead atoms. The molecule has 1 N–H and O–H groups in total. The first kappa shape index (κ1) is 13.6. The number of benzene rings is 1. The van der Waals surface area contributed by atoms with Crippen LogP contribution in [0.25, 0.3) is 0 Å². The quantitative estimate of drug-likeness (QED) is 0.782. The van der Waals surface area contributed by atoms with Gasteiger partial charge in [0.05, 0.1) is 16.9 Å². The Morgan fingerprint density at radius 2 is 1.94 bits per heavy atom. The molecule has 0 heterocycles. The Hall–Kier alpha value is -1.47. The first-order valence-corrected chi connectivity index (χ1v) is 6.34. The van der Waals surface area contributed by atoms with E-state index in [9.17, 15) is 22.7 Å². The van der Waals surface area contributed by atoms with E-state index >= 15 is 0 Å². The molecule has 1 rings (SSSR count). The van der Waals surface area contributed by atoms with Crippen molar-refractivity contribution in [3.8, 4) is 0 Å². The largest absolute Gasteiger partial charge is 0.548 e. The van der Waals surface area contributed by atoms with Crippen molar-refractivity contribution in [1.82, 2.24) is 4.72 Å². The number of carbonyl (C=O) groups excluding carboxylic acids is 1. The number of carboxylic acid groups (broad SMARTS) is 1. The van der Waals surface area contributed by atoms with E-state index in [1.54, 1.807) is 0 Å². The summed E-state index contributed by atoms with van der Waals surface area (Å²) in [4.78, 5) is 10.4. The maximum Gasteiger partial charge on any atom is 0.241 e. The van der Waals surface area contributed by atoms with Gasteiger partial charge in [0.1, 0.15) is 5.82 Å². The van der Waals surface area contributed by atoms with Gasteiger partial charge in [-0.3, -0.25) is 0 Å². The van der Waals surface area contributed by atoms with Crippen LogP contribution >= 0.6 is 0 Å². The fourth-order valence-corrected chi connectivity index (χ4v) is 2.44. The van der Waals surface area contributed by atoms with Gasteiger partial charge in [-0.05, 0) is 30.7 Å². The van der Waals surface area contributed by atoms with E-state index in [1.165, 1.54) is 6.92 Å². The molecule has 0 radical (unpaired) electrons. The number of hydrogen-bond donors (Lipinski definition) is 1. The second-order valence-electron chi connectivity index (χ2n) is 3.36. The van der Waals surface area contributed by atoms with Crippen molar-refractivity contribution in [2.24, 2.45) is 0 Å². The summed E-state index contributed by atoms with van der Waals surface area (Å²) in [5, 5.41) is 10.6. The van der Waals surface area contributed by atoms with Crippen molar-refractivity contribution in [2.75, 3.05) is 0 Å². The minimum absolute atomic E-state index is 0.0583. The van der Waals surface area contributed by atoms with Crippen LogP contribution in [0.15, 0.2) is 29.2 Å². The van der Waals surface area contributed by atoms with Gasteiger partial charge in [-0.25, -0.2) is 17.5 Å². The number of carbonyl (C=O) groups is 1. The molecule has 0 aliphatic rings. The third kappa shape index (κ3) is 3.50. The van der Waals surface area contributed by atoms with Crippen LogP contribution in [0.4, 0.5) is 4.39 Å². The van der Waals surface area contributed by atoms with E-state index in [1.807, 2.05) is 4.72 Å². The highest BCUT2D eigenvalue weighted by Gasteiger charge is 2.19. The van der Waals surface area contributed by atoms with E-state index in [-0.39, 0.29) is 11.3 Å².